The molecule has 0 spiro atoms. The molecule has 1 aromatic heterocycles. The molecule has 1 aliphatic carbocycles. The third kappa shape index (κ3) is 3.21. The summed E-state index contributed by atoms with van der Waals surface area (Å²) in [5.41, 5.74) is 2.98. The standard InChI is InChI=1S/C19H22FN3O3/c1-3-10-22(11-16(24)25)19(26)17-13-7-5-9-15(13)23(21-17)18-12(2)6-4-8-14(18)20/h4,6,8H,3,5,7,9-11H2,1-2H3,(H,24,25). The van der Waals surface area contributed by atoms with Gasteiger partial charge in [-0.05, 0) is 44.2 Å². The lowest BCUT2D eigenvalue weighted by atomic mass is 10.1. The largest absolute Gasteiger partial charge is 0.480 e. The van der Waals surface area contributed by atoms with E-state index >= 15 is 0 Å². The minimum Gasteiger partial charge on any atom is -0.480 e. The van der Waals surface area contributed by atoms with Gasteiger partial charge in [0.15, 0.2) is 5.69 Å². The van der Waals surface area contributed by atoms with Crippen molar-refractivity contribution >= 4 is 11.9 Å². The van der Waals surface area contributed by atoms with E-state index < -0.39 is 17.7 Å². The Morgan fingerprint density at radius 1 is 1.35 bits per heavy atom. The topological polar surface area (TPSA) is 75.4 Å². The van der Waals surface area contributed by atoms with Gasteiger partial charge in [0.1, 0.15) is 18.0 Å². The molecule has 6 nitrogen and oxygen atoms in total. The molecule has 1 amide bonds. The SMILES string of the molecule is CCCN(CC(=O)O)C(=O)c1nn(-c2c(C)cccc2F)c2c1CCC2. The number of halogens is 1. The number of fused-ring (bicyclic) bond motifs is 1. The van der Waals surface area contributed by atoms with Crippen molar-refractivity contribution in [3.8, 4) is 5.69 Å². The molecule has 1 heterocycles. The van der Waals surface area contributed by atoms with E-state index in [4.69, 9.17) is 5.11 Å². The molecule has 0 atom stereocenters. The summed E-state index contributed by atoms with van der Waals surface area (Å²) in [4.78, 5) is 25.3. The minimum absolute atomic E-state index is 0.245. The van der Waals surface area contributed by atoms with E-state index in [0.717, 1.165) is 29.7 Å². The van der Waals surface area contributed by atoms with Crippen LogP contribution in [0.25, 0.3) is 5.69 Å². The minimum atomic E-state index is -1.06. The molecule has 0 bridgehead atoms. The number of nitrogens with zero attached hydrogens (tertiary/aromatic N) is 3. The van der Waals surface area contributed by atoms with Gasteiger partial charge in [0.2, 0.25) is 0 Å². The highest BCUT2D eigenvalue weighted by molar-refractivity contribution is 5.96. The number of carbonyl (C=O) groups excluding carboxylic acids is 1. The first-order chi connectivity index (χ1) is 12.4. The maximum Gasteiger partial charge on any atom is 0.323 e. The fraction of sp³-hybridized carbons (Fsp3) is 0.421. The summed E-state index contributed by atoms with van der Waals surface area (Å²) in [6.07, 6.45) is 2.93. The van der Waals surface area contributed by atoms with Crippen LogP contribution in [-0.2, 0) is 17.6 Å². The lowest BCUT2D eigenvalue weighted by Crippen LogP contribution is -2.37. The maximum absolute atomic E-state index is 14.4. The monoisotopic (exact) mass is 359 g/mol. The first kappa shape index (κ1) is 18.1. The van der Waals surface area contributed by atoms with Gasteiger partial charge in [-0.1, -0.05) is 19.1 Å². The third-order valence-electron chi connectivity index (χ3n) is 4.64. The maximum atomic E-state index is 14.4. The Morgan fingerprint density at radius 2 is 2.12 bits per heavy atom. The molecule has 0 radical (unpaired) electrons. The highest BCUT2D eigenvalue weighted by atomic mass is 19.1. The Morgan fingerprint density at radius 3 is 2.77 bits per heavy atom. The number of carboxylic acids is 1. The van der Waals surface area contributed by atoms with Crippen LogP contribution in [0.15, 0.2) is 18.2 Å². The molecule has 1 N–H and O–H groups in total. The average Bonchev–Trinajstić information content (AvgIpc) is 3.17. The van der Waals surface area contributed by atoms with Crippen LogP contribution >= 0.6 is 0 Å². The van der Waals surface area contributed by atoms with Crippen molar-refractivity contribution in [2.24, 2.45) is 0 Å². The fourth-order valence-corrected chi connectivity index (χ4v) is 3.52. The highest BCUT2D eigenvalue weighted by Gasteiger charge is 2.31. The molecule has 0 aliphatic heterocycles. The van der Waals surface area contributed by atoms with E-state index in [0.29, 0.717) is 25.1 Å². The molecule has 0 unspecified atom stereocenters. The van der Waals surface area contributed by atoms with Gasteiger partial charge in [-0.3, -0.25) is 9.59 Å². The van der Waals surface area contributed by atoms with Crippen molar-refractivity contribution in [1.29, 1.82) is 0 Å². The number of aromatic nitrogens is 2. The number of aliphatic carboxylic acids is 1. The quantitative estimate of drug-likeness (QED) is 0.860. The molecule has 138 valence electrons. The van der Waals surface area contributed by atoms with Crippen LogP contribution < -0.4 is 0 Å². The van der Waals surface area contributed by atoms with Gasteiger partial charge in [-0.25, -0.2) is 9.07 Å². The molecule has 3 rings (SSSR count). The van der Waals surface area contributed by atoms with Gasteiger partial charge >= 0.3 is 5.97 Å². The van der Waals surface area contributed by atoms with Gasteiger partial charge in [-0.15, -0.1) is 0 Å². The normalized spacial score (nSPS) is 12.9. The lowest BCUT2D eigenvalue weighted by molar-refractivity contribution is -0.137. The number of carbonyl (C=O) groups is 2. The zero-order valence-electron chi connectivity index (χ0n) is 15.0. The Kier molecular flexibility index (Phi) is 5.06. The number of aryl methyl sites for hydroxylation is 1. The zero-order valence-corrected chi connectivity index (χ0v) is 15.0. The first-order valence-corrected chi connectivity index (χ1v) is 8.81. The van der Waals surface area contributed by atoms with Crippen LogP contribution in [-0.4, -0.2) is 44.8 Å². The van der Waals surface area contributed by atoms with Crippen molar-refractivity contribution < 1.29 is 19.1 Å². The van der Waals surface area contributed by atoms with Crippen LogP contribution in [0.4, 0.5) is 4.39 Å². The molecule has 1 aliphatic rings. The van der Waals surface area contributed by atoms with E-state index in [-0.39, 0.29) is 12.2 Å². The van der Waals surface area contributed by atoms with Gasteiger partial charge < -0.3 is 10.0 Å². The van der Waals surface area contributed by atoms with E-state index in [2.05, 4.69) is 5.10 Å². The summed E-state index contributed by atoms with van der Waals surface area (Å²) in [5.74, 6) is -1.86. The summed E-state index contributed by atoms with van der Waals surface area (Å²) in [6, 6.07) is 4.82. The number of carboxylic acid groups (broad SMARTS) is 1. The number of rotatable bonds is 6. The van der Waals surface area contributed by atoms with Gasteiger partial charge in [-0.2, -0.15) is 5.10 Å². The highest BCUT2D eigenvalue weighted by Crippen LogP contribution is 2.30. The van der Waals surface area contributed by atoms with Crippen molar-refractivity contribution in [3.63, 3.8) is 0 Å². The zero-order chi connectivity index (χ0) is 18.8. The first-order valence-electron chi connectivity index (χ1n) is 8.81. The Labute approximate surface area is 151 Å². The summed E-state index contributed by atoms with van der Waals surface area (Å²) in [5, 5.41) is 13.5. The van der Waals surface area contributed by atoms with Crippen molar-refractivity contribution in [2.75, 3.05) is 13.1 Å². The van der Waals surface area contributed by atoms with Gasteiger partial charge in [0, 0.05) is 17.8 Å². The number of amides is 1. The molecule has 0 fully saturated rings. The van der Waals surface area contributed by atoms with Crippen LogP contribution in [0.1, 0.15) is 47.1 Å². The predicted octanol–water partition coefficient (Wildman–Crippen LogP) is 2.75. The Hall–Kier alpha value is -2.70. The number of hydrogen-bond acceptors (Lipinski definition) is 3. The van der Waals surface area contributed by atoms with Crippen molar-refractivity contribution in [3.05, 3.63) is 46.5 Å². The average molecular weight is 359 g/mol. The van der Waals surface area contributed by atoms with Crippen LogP contribution in [0.2, 0.25) is 0 Å². The lowest BCUT2D eigenvalue weighted by Gasteiger charge is -2.19. The molecular formula is C19H22FN3O3. The molecule has 1 aromatic carbocycles. The second-order valence-corrected chi connectivity index (χ2v) is 6.56. The molecule has 0 saturated heterocycles. The van der Waals surface area contributed by atoms with E-state index in [1.165, 1.54) is 15.6 Å². The van der Waals surface area contributed by atoms with Crippen molar-refractivity contribution in [2.45, 2.75) is 39.5 Å². The van der Waals surface area contributed by atoms with Crippen LogP contribution in [0, 0.1) is 12.7 Å². The van der Waals surface area contributed by atoms with Crippen molar-refractivity contribution in [1.82, 2.24) is 14.7 Å². The van der Waals surface area contributed by atoms with E-state index in [9.17, 15) is 14.0 Å². The summed E-state index contributed by atoms with van der Waals surface area (Å²) in [7, 11) is 0. The molecule has 0 saturated carbocycles. The second kappa shape index (κ2) is 7.27. The Balaban J connectivity index is 2.07. The molecular weight excluding hydrogens is 337 g/mol. The van der Waals surface area contributed by atoms with Crippen LogP contribution in [0.3, 0.4) is 0 Å². The molecule has 26 heavy (non-hydrogen) atoms. The number of hydrogen-bond donors (Lipinski definition) is 1. The van der Waals surface area contributed by atoms with Crippen LogP contribution in [0.5, 0.6) is 0 Å². The van der Waals surface area contributed by atoms with Gasteiger partial charge in [0.05, 0.1) is 0 Å². The number of para-hydroxylation sites is 1. The third-order valence-corrected chi connectivity index (χ3v) is 4.64. The summed E-state index contributed by atoms with van der Waals surface area (Å²) >= 11 is 0. The smallest absolute Gasteiger partial charge is 0.323 e. The summed E-state index contributed by atoms with van der Waals surface area (Å²) in [6.45, 7) is 3.66. The summed E-state index contributed by atoms with van der Waals surface area (Å²) < 4.78 is 16.0. The molecule has 2 aromatic rings. The predicted molar refractivity (Wildman–Crippen MR) is 94.1 cm³/mol. The number of benzene rings is 1. The Bertz CT molecular complexity index is 840. The second-order valence-electron chi connectivity index (χ2n) is 6.56. The van der Waals surface area contributed by atoms with E-state index in [1.54, 1.807) is 19.1 Å². The fourth-order valence-electron chi connectivity index (χ4n) is 3.52. The van der Waals surface area contributed by atoms with E-state index in [1.807, 2.05) is 6.92 Å². The van der Waals surface area contributed by atoms with Gasteiger partial charge in [0.25, 0.3) is 5.91 Å². The molecule has 7 heteroatoms.